The van der Waals surface area contributed by atoms with Crippen LogP contribution in [0.4, 0.5) is 0 Å². The second-order valence-corrected chi connectivity index (χ2v) is 6.16. The number of carbonyl (C=O) groups excluding carboxylic acids is 1. The summed E-state index contributed by atoms with van der Waals surface area (Å²) < 4.78 is 1.70. The summed E-state index contributed by atoms with van der Waals surface area (Å²) in [6, 6.07) is 15.6. The summed E-state index contributed by atoms with van der Waals surface area (Å²) in [6.07, 6.45) is 1.82. The molecule has 4 rings (SSSR count). The lowest BCUT2D eigenvalue weighted by atomic mass is 10.1. The molecule has 2 heterocycles. The maximum atomic E-state index is 12.3. The van der Waals surface area contributed by atoms with Crippen LogP contribution >= 0.6 is 11.3 Å². The van der Waals surface area contributed by atoms with Crippen molar-refractivity contribution in [3.8, 4) is 5.69 Å². The molecular formula is C18H14N4OS. The Balaban J connectivity index is 1.46. The number of hydrogen-bond donors (Lipinski definition) is 1. The van der Waals surface area contributed by atoms with Crippen molar-refractivity contribution in [2.24, 2.45) is 0 Å². The Labute approximate surface area is 142 Å². The Kier molecular flexibility index (Phi) is 3.80. The van der Waals surface area contributed by atoms with Crippen LogP contribution in [0.1, 0.15) is 16.1 Å². The van der Waals surface area contributed by atoms with Crippen molar-refractivity contribution in [2.75, 3.05) is 0 Å². The second kappa shape index (κ2) is 6.25. The van der Waals surface area contributed by atoms with Crippen LogP contribution < -0.4 is 5.32 Å². The van der Waals surface area contributed by atoms with Gasteiger partial charge in [0.2, 0.25) is 0 Å². The van der Waals surface area contributed by atoms with Crippen molar-refractivity contribution in [3.05, 3.63) is 76.7 Å². The minimum absolute atomic E-state index is 0.120. The van der Waals surface area contributed by atoms with Gasteiger partial charge >= 0.3 is 0 Å². The van der Waals surface area contributed by atoms with Crippen LogP contribution in [0.25, 0.3) is 16.5 Å². The van der Waals surface area contributed by atoms with Crippen molar-refractivity contribution in [1.82, 2.24) is 20.3 Å². The number of benzene rings is 2. The third-order valence-corrected chi connectivity index (χ3v) is 4.42. The fourth-order valence-corrected chi connectivity index (χ4v) is 3.12. The first-order valence-corrected chi connectivity index (χ1v) is 8.45. The molecule has 0 fully saturated rings. The Morgan fingerprint density at radius 3 is 2.83 bits per heavy atom. The molecular weight excluding hydrogens is 320 g/mol. The van der Waals surface area contributed by atoms with Crippen LogP contribution in [0.2, 0.25) is 0 Å². The first-order valence-electron chi connectivity index (χ1n) is 7.50. The van der Waals surface area contributed by atoms with E-state index in [9.17, 15) is 4.79 Å². The lowest BCUT2D eigenvalue weighted by Gasteiger charge is -2.04. The summed E-state index contributed by atoms with van der Waals surface area (Å²) in [6.45, 7) is 0.343. The lowest BCUT2D eigenvalue weighted by molar-refractivity contribution is 0.0950. The molecule has 2 aromatic carbocycles. The van der Waals surface area contributed by atoms with E-state index >= 15 is 0 Å². The van der Waals surface area contributed by atoms with Crippen LogP contribution in [0.15, 0.2) is 65.5 Å². The predicted molar refractivity (Wildman–Crippen MR) is 94.4 cm³/mol. The molecule has 0 bridgehead atoms. The lowest BCUT2D eigenvalue weighted by Crippen LogP contribution is -2.22. The molecule has 24 heavy (non-hydrogen) atoms. The predicted octanol–water partition coefficient (Wildman–Crippen LogP) is 3.41. The molecule has 0 atom stereocenters. The minimum Gasteiger partial charge on any atom is -0.346 e. The van der Waals surface area contributed by atoms with Crippen molar-refractivity contribution in [1.29, 1.82) is 0 Å². The van der Waals surface area contributed by atoms with E-state index in [1.165, 1.54) is 0 Å². The molecule has 0 saturated heterocycles. The first-order chi connectivity index (χ1) is 11.8. The Morgan fingerprint density at radius 2 is 2.00 bits per heavy atom. The fraction of sp³-hybridized carbons (Fsp3) is 0.0556. The molecule has 0 radical (unpaired) electrons. The van der Waals surface area contributed by atoms with Crippen LogP contribution in [0.3, 0.4) is 0 Å². The van der Waals surface area contributed by atoms with Gasteiger partial charge in [0, 0.05) is 10.9 Å². The highest BCUT2D eigenvalue weighted by Gasteiger charge is 2.08. The van der Waals surface area contributed by atoms with Gasteiger partial charge in [-0.05, 0) is 34.4 Å². The van der Waals surface area contributed by atoms with Crippen molar-refractivity contribution in [3.63, 3.8) is 0 Å². The van der Waals surface area contributed by atoms with Gasteiger partial charge < -0.3 is 5.32 Å². The molecule has 0 saturated carbocycles. The maximum absolute atomic E-state index is 12.3. The Bertz CT molecular complexity index is 991. The third-order valence-electron chi connectivity index (χ3n) is 3.75. The van der Waals surface area contributed by atoms with E-state index in [1.54, 1.807) is 16.0 Å². The molecule has 1 N–H and O–H groups in total. The molecule has 4 aromatic rings. The summed E-state index contributed by atoms with van der Waals surface area (Å²) in [7, 11) is 0. The number of aromatic nitrogens is 3. The Morgan fingerprint density at radius 1 is 1.12 bits per heavy atom. The van der Waals surface area contributed by atoms with Crippen molar-refractivity contribution < 1.29 is 4.79 Å². The van der Waals surface area contributed by atoms with E-state index in [1.807, 2.05) is 65.5 Å². The summed E-state index contributed by atoms with van der Waals surface area (Å²) >= 11 is 1.60. The van der Waals surface area contributed by atoms with E-state index < -0.39 is 0 Å². The number of fused-ring (bicyclic) bond motifs is 1. The normalized spacial score (nSPS) is 10.8. The monoisotopic (exact) mass is 334 g/mol. The quantitative estimate of drug-likeness (QED) is 0.622. The number of carbonyl (C=O) groups is 1. The number of nitrogens with one attached hydrogen (secondary N) is 1. The zero-order valence-corrected chi connectivity index (χ0v) is 13.5. The van der Waals surface area contributed by atoms with Gasteiger partial charge in [-0.25, -0.2) is 4.68 Å². The van der Waals surface area contributed by atoms with Gasteiger partial charge in [0.25, 0.3) is 5.91 Å². The zero-order chi connectivity index (χ0) is 16.4. The number of nitrogens with zero attached hydrogens (tertiary/aromatic N) is 3. The van der Waals surface area contributed by atoms with E-state index in [4.69, 9.17) is 0 Å². The Hall–Kier alpha value is -2.99. The van der Waals surface area contributed by atoms with Gasteiger partial charge in [0.15, 0.2) is 0 Å². The molecule has 0 spiro atoms. The number of rotatable bonds is 4. The number of amides is 1. The molecule has 0 unspecified atom stereocenters. The third kappa shape index (κ3) is 2.91. The van der Waals surface area contributed by atoms with Crippen LogP contribution in [-0.4, -0.2) is 20.9 Å². The van der Waals surface area contributed by atoms with E-state index in [-0.39, 0.29) is 5.91 Å². The zero-order valence-electron chi connectivity index (χ0n) is 12.7. The molecule has 1 amide bonds. The molecule has 0 aliphatic carbocycles. The minimum atomic E-state index is -0.120. The highest BCUT2D eigenvalue weighted by Crippen LogP contribution is 2.16. The number of hydrogen-bond acceptors (Lipinski definition) is 4. The first kappa shape index (κ1) is 14.6. The molecule has 0 aliphatic rings. The summed E-state index contributed by atoms with van der Waals surface area (Å²) in [5.41, 5.74) is 2.33. The van der Waals surface area contributed by atoms with Crippen LogP contribution in [-0.2, 0) is 6.54 Å². The van der Waals surface area contributed by atoms with E-state index in [0.717, 1.165) is 22.2 Å². The van der Waals surface area contributed by atoms with Crippen molar-refractivity contribution in [2.45, 2.75) is 6.54 Å². The van der Waals surface area contributed by atoms with Crippen LogP contribution in [0.5, 0.6) is 0 Å². The molecule has 2 aromatic heterocycles. The van der Waals surface area contributed by atoms with Crippen molar-refractivity contribution >= 4 is 28.0 Å². The highest BCUT2D eigenvalue weighted by atomic mass is 32.1. The van der Waals surface area contributed by atoms with Gasteiger partial charge in [-0.15, -0.1) is 5.10 Å². The molecule has 5 nitrogen and oxygen atoms in total. The average molecular weight is 334 g/mol. The summed E-state index contributed by atoms with van der Waals surface area (Å²) in [5, 5.41) is 17.2. The van der Waals surface area contributed by atoms with E-state index in [2.05, 4.69) is 15.6 Å². The smallest absolute Gasteiger partial charge is 0.251 e. The van der Waals surface area contributed by atoms with Gasteiger partial charge in [-0.3, -0.25) is 4.79 Å². The maximum Gasteiger partial charge on any atom is 0.251 e. The van der Waals surface area contributed by atoms with Crippen LogP contribution in [0, 0.1) is 0 Å². The molecule has 118 valence electrons. The second-order valence-electron chi connectivity index (χ2n) is 5.38. The van der Waals surface area contributed by atoms with Gasteiger partial charge in [-0.2, -0.15) is 11.3 Å². The molecule has 0 aliphatic heterocycles. The topological polar surface area (TPSA) is 59.8 Å². The fourth-order valence-electron chi connectivity index (χ4n) is 2.50. The van der Waals surface area contributed by atoms with Gasteiger partial charge in [0.05, 0.1) is 18.4 Å². The molecule has 6 heteroatoms. The standard InChI is InChI=1S/C18H14N4OS/c23-18(15-6-5-13-3-1-2-4-14(13)9-15)19-10-16-11-22(21-20-16)17-7-8-24-12-17/h1-9,11-12H,10H2,(H,19,23). The summed E-state index contributed by atoms with van der Waals surface area (Å²) in [4.78, 5) is 12.3. The SMILES string of the molecule is O=C(NCc1cn(-c2ccsc2)nn1)c1ccc2ccccc2c1. The van der Waals surface area contributed by atoms with Gasteiger partial charge in [-0.1, -0.05) is 35.5 Å². The largest absolute Gasteiger partial charge is 0.346 e. The van der Waals surface area contributed by atoms with Gasteiger partial charge in [0.1, 0.15) is 5.69 Å². The summed E-state index contributed by atoms with van der Waals surface area (Å²) in [5.74, 6) is -0.120. The van der Waals surface area contributed by atoms with E-state index in [0.29, 0.717) is 12.1 Å². The average Bonchev–Trinajstić information content (AvgIpc) is 3.30. The highest BCUT2D eigenvalue weighted by molar-refractivity contribution is 7.08. The number of thiophene rings is 1.